The second kappa shape index (κ2) is 6.00. The van der Waals surface area contributed by atoms with E-state index in [-0.39, 0.29) is 12.0 Å². The molecule has 1 unspecified atom stereocenters. The first kappa shape index (κ1) is 15.7. The van der Waals surface area contributed by atoms with Crippen molar-refractivity contribution in [2.75, 3.05) is 13.1 Å². The van der Waals surface area contributed by atoms with E-state index >= 15 is 0 Å². The third-order valence-corrected chi connectivity index (χ3v) is 3.38. The predicted molar refractivity (Wildman–Crippen MR) is 76.0 cm³/mol. The maximum absolute atomic E-state index is 13.2. The SMILES string of the molecule is CC(C)(C)OC(=O)N1CCC(Cc2cc(F)cc(F)c2)C1. The Balaban J connectivity index is 1.92. The normalized spacial score (nSPS) is 18.9. The molecular weight excluding hydrogens is 276 g/mol. The average molecular weight is 297 g/mol. The molecule has 1 saturated heterocycles. The van der Waals surface area contributed by atoms with Crippen molar-refractivity contribution < 1.29 is 18.3 Å². The maximum atomic E-state index is 13.2. The van der Waals surface area contributed by atoms with Crippen LogP contribution >= 0.6 is 0 Å². The molecule has 1 amide bonds. The van der Waals surface area contributed by atoms with E-state index in [0.717, 1.165) is 12.5 Å². The van der Waals surface area contributed by atoms with E-state index in [1.165, 1.54) is 12.1 Å². The number of ether oxygens (including phenoxy) is 1. The highest BCUT2D eigenvalue weighted by molar-refractivity contribution is 5.68. The molecule has 0 saturated carbocycles. The van der Waals surface area contributed by atoms with Crippen molar-refractivity contribution in [3.05, 3.63) is 35.4 Å². The van der Waals surface area contributed by atoms with Gasteiger partial charge in [0.2, 0.25) is 0 Å². The highest BCUT2D eigenvalue weighted by atomic mass is 19.1. The fraction of sp³-hybridized carbons (Fsp3) is 0.562. The van der Waals surface area contributed by atoms with Crippen LogP contribution in [0.1, 0.15) is 32.8 Å². The van der Waals surface area contributed by atoms with Crippen LogP contribution in [-0.2, 0) is 11.2 Å². The van der Waals surface area contributed by atoms with E-state index in [1.54, 1.807) is 4.90 Å². The number of carbonyl (C=O) groups is 1. The van der Waals surface area contributed by atoms with E-state index in [4.69, 9.17) is 4.74 Å². The molecule has 116 valence electrons. The van der Waals surface area contributed by atoms with E-state index in [0.29, 0.717) is 25.1 Å². The number of halogens is 2. The molecule has 1 fully saturated rings. The van der Waals surface area contributed by atoms with Gasteiger partial charge in [0, 0.05) is 19.2 Å². The fourth-order valence-corrected chi connectivity index (χ4v) is 2.55. The first-order valence-corrected chi connectivity index (χ1v) is 7.16. The second-order valence-electron chi connectivity index (χ2n) is 6.56. The van der Waals surface area contributed by atoms with Gasteiger partial charge in [0.15, 0.2) is 0 Å². The topological polar surface area (TPSA) is 29.5 Å². The summed E-state index contributed by atoms with van der Waals surface area (Å²) in [4.78, 5) is 13.6. The van der Waals surface area contributed by atoms with Crippen molar-refractivity contribution in [2.45, 2.75) is 39.2 Å². The van der Waals surface area contributed by atoms with E-state index in [2.05, 4.69) is 0 Å². The summed E-state index contributed by atoms with van der Waals surface area (Å²) in [6, 6.07) is 3.56. The van der Waals surface area contributed by atoms with Crippen LogP contribution in [0.25, 0.3) is 0 Å². The highest BCUT2D eigenvalue weighted by Gasteiger charge is 2.29. The number of hydrogen-bond acceptors (Lipinski definition) is 2. The Labute approximate surface area is 123 Å². The number of carbonyl (C=O) groups excluding carboxylic acids is 1. The molecule has 1 aliphatic rings. The summed E-state index contributed by atoms with van der Waals surface area (Å²) in [7, 11) is 0. The van der Waals surface area contributed by atoms with Crippen LogP contribution in [0.15, 0.2) is 18.2 Å². The Morgan fingerprint density at radius 3 is 2.48 bits per heavy atom. The van der Waals surface area contributed by atoms with Crippen LogP contribution in [0.3, 0.4) is 0 Å². The minimum atomic E-state index is -0.563. The maximum Gasteiger partial charge on any atom is 0.410 e. The van der Waals surface area contributed by atoms with Gasteiger partial charge in [0.25, 0.3) is 0 Å². The number of amides is 1. The molecule has 2 rings (SSSR count). The lowest BCUT2D eigenvalue weighted by atomic mass is 9.98. The van der Waals surface area contributed by atoms with Gasteiger partial charge in [-0.15, -0.1) is 0 Å². The van der Waals surface area contributed by atoms with Gasteiger partial charge in [-0.1, -0.05) is 0 Å². The summed E-state index contributed by atoms with van der Waals surface area (Å²) >= 11 is 0. The summed E-state index contributed by atoms with van der Waals surface area (Å²) < 4.78 is 31.7. The Kier molecular flexibility index (Phi) is 4.49. The second-order valence-corrected chi connectivity index (χ2v) is 6.56. The Hall–Kier alpha value is -1.65. The molecule has 1 heterocycles. The smallest absolute Gasteiger partial charge is 0.410 e. The van der Waals surface area contributed by atoms with Gasteiger partial charge >= 0.3 is 6.09 Å². The van der Waals surface area contributed by atoms with Crippen LogP contribution in [0.5, 0.6) is 0 Å². The summed E-state index contributed by atoms with van der Waals surface area (Å²) in [5, 5.41) is 0. The van der Waals surface area contributed by atoms with Gasteiger partial charge in [0.1, 0.15) is 17.2 Å². The van der Waals surface area contributed by atoms with E-state index < -0.39 is 17.2 Å². The molecule has 3 nitrogen and oxygen atoms in total. The van der Waals surface area contributed by atoms with Crippen LogP contribution in [-0.4, -0.2) is 29.7 Å². The molecule has 1 aromatic rings. The number of rotatable bonds is 2. The largest absolute Gasteiger partial charge is 0.444 e. The lowest BCUT2D eigenvalue weighted by Crippen LogP contribution is -2.35. The molecule has 0 N–H and O–H groups in total. The number of nitrogens with zero attached hydrogens (tertiary/aromatic N) is 1. The quantitative estimate of drug-likeness (QED) is 0.831. The van der Waals surface area contributed by atoms with Gasteiger partial charge in [0.05, 0.1) is 0 Å². The Morgan fingerprint density at radius 1 is 1.29 bits per heavy atom. The lowest BCUT2D eigenvalue weighted by Gasteiger charge is -2.24. The van der Waals surface area contributed by atoms with Gasteiger partial charge in [-0.05, 0) is 57.2 Å². The molecular formula is C16H21F2NO2. The number of hydrogen-bond donors (Lipinski definition) is 0. The van der Waals surface area contributed by atoms with Crippen molar-refractivity contribution in [2.24, 2.45) is 5.92 Å². The molecule has 21 heavy (non-hydrogen) atoms. The fourth-order valence-electron chi connectivity index (χ4n) is 2.55. The summed E-state index contributed by atoms with van der Waals surface area (Å²) in [6.45, 7) is 6.67. The number of benzene rings is 1. The zero-order valence-electron chi connectivity index (χ0n) is 12.7. The minimum Gasteiger partial charge on any atom is -0.444 e. The summed E-state index contributed by atoms with van der Waals surface area (Å²) in [5.41, 5.74) is 0.115. The molecule has 1 aromatic carbocycles. The number of likely N-dealkylation sites (tertiary alicyclic amines) is 1. The van der Waals surface area contributed by atoms with Crippen molar-refractivity contribution >= 4 is 6.09 Å². The summed E-state index contributed by atoms with van der Waals surface area (Å²) in [6.07, 6.45) is 1.06. The zero-order valence-corrected chi connectivity index (χ0v) is 12.7. The van der Waals surface area contributed by atoms with Gasteiger partial charge in [-0.3, -0.25) is 0 Å². The lowest BCUT2D eigenvalue weighted by molar-refractivity contribution is 0.0288. The Bertz CT molecular complexity index is 505. The van der Waals surface area contributed by atoms with E-state index in [9.17, 15) is 13.6 Å². The molecule has 5 heteroatoms. The molecule has 0 radical (unpaired) electrons. The minimum absolute atomic E-state index is 0.207. The molecule has 0 spiro atoms. The van der Waals surface area contributed by atoms with Crippen LogP contribution in [0.4, 0.5) is 13.6 Å². The highest BCUT2D eigenvalue weighted by Crippen LogP contribution is 2.23. The van der Waals surface area contributed by atoms with Crippen molar-refractivity contribution in [1.82, 2.24) is 4.90 Å². The zero-order chi connectivity index (χ0) is 15.6. The van der Waals surface area contributed by atoms with Gasteiger partial charge in [-0.25, -0.2) is 13.6 Å². The molecule has 1 aliphatic heterocycles. The van der Waals surface area contributed by atoms with Crippen LogP contribution in [0.2, 0.25) is 0 Å². The molecule has 0 aliphatic carbocycles. The third-order valence-electron chi connectivity index (χ3n) is 3.38. The standard InChI is InChI=1S/C16H21F2NO2/c1-16(2,3)21-15(20)19-5-4-11(10-19)6-12-7-13(17)9-14(18)8-12/h7-9,11H,4-6,10H2,1-3H3. The van der Waals surface area contributed by atoms with Gasteiger partial charge in [-0.2, -0.15) is 0 Å². The monoisotopic (exact) mass is 297 g/mol. The van der Waals surface area contributed by atoms with Crippen LogP contribution in [0, 0.1) is 17.6 Å². The first-order valence-electron chi connectivity index (χ1n) is 7.16. The van der Waals surface area contributed by atoms with Crippen molar-refractivity contribution in [3.63, 3.8) is 0 Å². The molecule has 0 aromatic heterocycles. The summed E-state index contributed by atoms with van der Waals surface area (Å²) in [5.74, 6) is -0.919. The Morgan fingerprint density at radius 2 is 1.90 bits per heavy atom. The van der Waals surface area contributed by atoms with Gasteiger partial charge < -0.3 is 9.64 Å². The van der Waals surface area contributed by atoms with E-state index in [1.807, 2.05) is 20.8 Å². The third kappa shape index (κ3) is 4.69. The van der Waals surface area contributed by atoms with Crippen molar-refractivity contribution in [3.8, 4) is 0 Å². The average Bonchev–Trinajstić information content (AvgIpc) is 2.73. The molecule has 1 atom stereocenters. The predicted octanol–water partition coefficient (Wildman–Crippen LogP) is 3.76. The molecule has 0 bridgehead atoms. The van der Waals surface area contributed by atoms with Crippen LogP contribution < -0.4 is 0 Å². The van der Waals surface area contributed by atoms with Crippen molar-refractivity contribution in [1.29, 1.82) is 0 Å². The first-order chi connectivity index (χ1) is 9.73.